The number of rotatable bonds is 8. The SMILES string of the molecule is [2H]c1nc(-n2c3[c-]c(Oc4[c-]c(-n5[c-][n+](-c6c(-c7c([2H])c([2H])c([2H])c([2H])c7[2H])cccc6-c6c([2H])c([2H])c([2H])c([2H])c6[2H])c6ccccc65)ccc4)ccc3c3ccccc32)c([2H])c(C(C)C)c1[2H].[Pt]. The van der Waals surface area contributed by atoms with Crippen molar-refractivity contribution < 1.29 is 48.2 Å². The molecular weight excluding hydrogens is 880 g/mol. The number of nitrogens with zero attached hydrogens (tertiary/aromatic N) is 4. The topological polar surface area (TPSA) is 35.9 Å². The van der Waals surface area contributed by atoms with Crippen molar-refractivity contribution in [2.24, 2.45) is 0 Å². The van der Waals surface area contributed by atoms with Crippen LogP contribution >= 0.6 is 0 Å². The van der Waals surface area contributed by atoms with Crippen LogP contribution in [0.2, 0.25) is 0 Å². The summed E-state index contributed by atoms with van der Waals surface area (Å²) in [6, 6.07) is 29.5. The largest absolute Gasteiger partial charge is 0.510 e. The van der Waals surface area contributed by atoms with Crippen molar-refractivity contribution in [1.29, 1.82) is 0 Å². The predicted octanol–water partition coefficient (Wildman–Crippen LogP) is 12.0. The summed E-state index contributed by atoms with van der Waals surface area (Å²) < 4.78 is 124. The molecule has 0 N–H and O–H groups in total. The molecule has 0 saturated heterocycles. The average Bonchev–Trinajstić information content (AvgIpc) is 3.88. The molecule has 10 rings (SSSR count). The van der Waals surface area contributed by atoms with E-state index >= 15 is 0 Å². The molecular formula is C51H36N4OPt-2. The van der Waals surface area contributed by atoms with Crippen LogP contribution < -0.4 is 9.30 Å². The van der Waals surface area contributed by atoms with Crippen LogP contribution in [-0.4, -0.2) is 14.1 Å². The maximum Gasteiger partial charge on any atom is 0.268 e. The molecule has 278 valence electrons. The Labute approximate surface area is 364 Å². The number of ether oxygens (including phenoxy) is 1. The van der Waals surface area contributed by atoms with Crippen LogP contribution in [0.25, 0.3) is 72.3 Å². The van der Waals surface area contributed by atoms with E-state index in [0.29, 0.717) is 33.6 Å². The van der Waals surface area contributed by atoms with Crippen LogP contribution in [0.15, 0.2) is 176 Å². The Morgan fingerprint density at radius 1 is 0.667 bits per heavy atom. The molecule has 0 aliphatic carbocycles. The van der Waals surface area contributed by atoms with Gasteiger partial charge in [0.1, 0.15) is 5.82 Å². The maximum atomic E-state index is 9.17. The van der Waals surface area contributed by atoms with Gasteiger partial charge in [-0.25, -0.2) is 4.98 Å². The van der Waals surface area contributed by atoms with E-state index in [1.54, 1.807) is 74.4 Å². The number of benzene rings is 7. The van der Waals surface area contributed by atoms with E-state index in [9.17, 15) is 1.37 Å². The molecule has 0 saturated carbocycles. The molecule has 57 heavy (non-hydrogen) atoms. The van der Waals surface area contributed by atoms with Gasteiger partial charge in [-0.3, -0.25) is 4.57 Å². The van der Waals surface area contributed by atoms with Crippen LogP contribution in [0.3, 0.4) is 0 Å². The van der Waals surface area contributed by atoms with Crippen LogP contribution in [0.1, 0.15) is 43.1 Å². The van der Waals surface area contributed by atoms with Crippen LogP contribution in [0, 0.1) is 18.5 Å². The minimum atomic E-state index is -0.591. The molecule has 0 atom stereocenters. The van der Waals surface area contributed by atoms with Gasteiger partial charge in [-0.2, -0.15) is 18.2 Å². The zero-order valence-corrected chi connectivity index (χ0v) is 32.6. The van der Waals surface area contributed by atoms with Gasteiger partial charge in [0.05, 0.1) is 34.5 Å². The zero-order chi connectivity index (χ0) is 48.9. The summed E-state index contributed by atoms with van der Waals surface area (Å²) in [4.78, 5) is 4.44. The third kappa shape index (κ3) is 6.54. The Morgan fingerprint density at radius 2 is 1.33 bits per heavy atom. The minimum absolute atomic E-state index is 0. The minimum Gasteiger partial charge on any atom is -0.510 e. The standard InChI is InChI=1S/C51H36N4O.Pt/c1-35(2)38-29-30-52-50(31-38)55-46-24-10-9-21-44(46)45-28-27-41(33-49(45)55)56-40-20-13-19-39(32-40)53-34-54(48-26-12-11-25-47(48)53)51-42(36-15-5-3-6-16-36)22-14-23-43(51)37-17-7-4-8-18-37;/h3-31,35H,1-2H3;/q-2;/i3D,4D,5D,6D,7D,8D,15D,16D,17D,18D,29D,30D,31D;. The molecule has 6 heteroatoms. The van der Waals surface area contributed by atoms with E-state index in [1.165, 1.54) is 0 Å². The number of pyridine rings is 1. The number of imidazole rings is 1. The summed E-state index contributed by atoms with van der Waals surface area (Å²) in [7, 11) is 0. The van der Waals surface area contributed by atoms with E-state index < -0.39 is 60.4 Å². The second-order valence-corrected chi connectivity index (χ2v) is 13.3. The Hall–Kier alpha value is -6.55. The number of fused-ring (bicyclic) bond motifs is 4. The fourth-order valence-electron chi connectivity index (χ4n) is 6.98. The van der Waals surface area contributed by atoms with Crippen molar-refractivity contribution in [1.82, 2.24) is 14.1 Å². The first-order valence-corrected chi connectivity index (χ1v) is 17.9. The van der Waals surface area contributed by atoms with Crippen molar-refractivity contribution in [3.8, 4) is 50.9 Å². The first-order valence-electron chi connectivity index (χ1n) is 24.4. The van der Waals surface area contributed by atoms with Gasteiger partial charge in [-0.05, 0) is 63.0 Å². The van der Waals surface area contributed by atoms with Crippen molar-refractivity contribution in [2.75, 3.05) is 0 Å². The Morgan fingerprint density at radius 3 is 2.07 bits per heavy atom. The van der Waals surface area contributed by atoms with Crippen LogP contribution in [-0.2, 0) is 21.1 Å². The van der Waals surface area contributed by atoms with Gasteiger partial charge in [-0.1, -0.05) is 140 Å². The molecule has 0 radical (unpaired) electrons. The van der Waals surface area contributed by atoms with Gasteiger partial charge < -0.3 is 13.9 Å². The summed E-state index contributed by atoms with van der Waals surface area (Å²) in [6.07, 6.45) is 3.12. The number of aromatic nitrogens is 4. The number of hydrogen-bond donors (Lipinski definition) is 0. The normalized spacial score (nSPS) is 14.5. The monoisotopic (exact) mass is 928 g/mol. The smallest absolute Gasteiger partial charge is 0.268 e. The Balaban J connectivity index is 0.00000608. The van der Waals surface area contributed by atoms with Gasteiger partial charge in [0, 0.05) is 44.3 Å². The summed E-state index contributed by atoms with van der Waals surface area (Å²) in [5.41, 5.74) is 3.22. The van der Waals surface area contributed by atoms with Crippen molar-refractivity contribution in [3.63, 3.8) is 0 Å². The molecule has 3 heterocycles. The predicted molar refractivity (Wildman–Crippen MR) is 225 cm³/mol. The van der Waals surface area contributed by atoms with Crippen LogP contribution in [0.4, 0.5) is 0 Å². The molecule has 0 unspecified atom stereocenters. The van der Waals surface area contributed by atoms with Crippen LogP contribution in [0.5, 0.6) is 11.5 Å². The summed E-state index contributed by atoms with van der Waals surface area (Å²) in [5, 5.41) is 1.66. The first kappa shape index (κ1) is 24.2. The van der Waals surface area contributed by atoms with Crippen molar-refractivity contribution >= 4 is 32.8 Å². The number of para-hydroxylation sites is 4. The Bertz CT molecular complexity index is 3670. The van der Waals surface area contributed by atoms with Gasteiger partial charge in [-0.15, -0.1) is 29.7 Å². The van der Waals surface area contributed by atoms with Gasteiger partial charge >= 0.3 is 0 Å². The second kappa shape index (κ2) is 15.2. The Kier molecular flexibility index (Phi) is 6.43. The van der Waals surface area contributed by atoms with E-state index in [-0.39, 0.29) is 84.7 Å². The van der Waals surface area contributed by atoms with Gasteiger partial charge in [0.15, 0.2) is 0 Å². The number of hydrogen-bond acceptors (Lipinski definition) is 2. The third-order valence-electron chi connectivity index (χ3n) is 9.52. The molecule has 0 amide bonds. The van der Waals surface area contributed by atoms with Crippen molar-refractivity contribution in [3.05, 3.63) is 200 Å². The fraction of sp³-hybridized carbons (Fsp3) is 0.0588. The molecule has 5 nitrogen and oxygen atoms in total. The molecule has 10 aromatic rings. The van der Waals surface area contributed by atoms with Gasteiger partial charge in [0.25, 0.3) is 6.33 Å². The summed E-state index contributed by atoms with van der Waals surface area (Å²) >= 11 is 0. The third-order valence-corrected chi connectivity index (χ3v) is 9.52. The molecule has 0 aliphatic heterocycles. The summed E-state index contributed by atoms with van der Waals surface area (Å²) in [6.45, 7) is 3.76. The molecule has 0 aliphatic rings. The van der Waals surface area contributed by atoms with E-state index in [2.05, 4.69) is 23.4 Å². The second-order valence-electron chi connectivity index (χ2n) is 13.3. The quantitative estimate of drug-likeness (QED) is 0.112. The van der Waals surface area contributed by atoms with E-state index in [1.807, 2.05) is 50.2 Å². The molecule has 3 aromatic heterocycles. The molecule has 0 fully saturated rings. The van der Waals surface area contributed by atoms with Gasteiger partial charge in [0.2, 0.25) is 0 Å². The average molecular weight is 929 g/mol. The fourth-order valence-corrected chi connectivity index (χ4v) is 6.98. The van der Waals surface area contributed by atoms with E-state index in [0.717, 1.165) is 16.3 Å². The zero-order valence-electron chi connectivity index (χ0n) is 43.3. The molecule has 7 aromatic carbocycles. The van der Waals surface area contributed by atoms with Crippen molar-refractivity contribution in [2.45, 2.75) is 19.8 Å². The first-order chi connectivity index (χ1) is 33.0. The maximum absolute atomic E-state index is 9.17. The molecule has 0 bridgehead atoms. The molecule has 0 spiro atoms. The summed E-state index contributed by atoms with van der Waals surface area (Å²) in [5.74, 6) is 0.557. The van der Waals surface area contributed by atoms with E-state index in [4.69, 9.17) is 21.2 Å².